The summed E-state index contributed by atoms with van der Waals surface area (Å²) in [5, 5.41) is 10.2. The van der Waals surface area contributed by atoms with Crippen LogP contribution in [0.2, 0.25) is 0 Å². The molecule has 0 bridgehead atoms. The first-order chi connectivity index (χ1) is 8.29. The monoisotopic (exact) mass is 232 g/mol. The van der Waals surface area contributed by atoms with Gasteiger partial charge < -0.3 is 5.11 Å². The molecule has 0 saturated carbocycles. The van der Waals surface area contributed by atoms with Crippen molar-refractivity contribution in [1.29, 1.82) is 0 Å². The minimum absolute atomic E-state index is 0.0674. The van der Waals surface area contributed by atoms with E-state index in [2.05, 4.69) is 25.6 Å². The molecule has 0 spiro atoms. The summed E-state index contributed by atoms with van der Waals surface area (Å²) in [6.07, 6.45) is 7.24. The number of rotatable bonds is 8. The molecule has 0 unspecified atom stereocenters. The molecule has 2 atom stereocenters. The molecule has 0 heterocycles. The van der Waals surface area contributed by atoms with Crippen LogP contribution in [0.4, 0.5) is 0 Å². The first-order valence-corrected chi connectivity index (χ1v) is 6.65. The van der Waals surface area contributed by atoms with Gasteiger partial charge in [-0.15, -0.1) is 6.58 Å². The van der Waals surface area contributed by atoms with E-state index in [-0.39, 0.29) is 12.0 Å². The smallest absolute Gasteiger partial charge is 0.0643 e. The lowest BCUT2D eigenvalue weighted by atomic mass is 9.90. The summed E-state index contributed by atoms with van der Waals surface area (Å²) in [5.74, 6) is 0.0674. The molecule has 0 aliphatic rings. The maximum absolute atomic E-state index is 10.2. The van der Waals surface area contributed by atoms with E-state index in [1.807, 2.05) is 24.3 Å². The first kappa shape index (κ1) is 14.0. The topological polar surface area (TPSA) is 20.2 Å². The van der Waals surface area contributed by atoms with Crippen molar-refractivity contribution >= 4 is 0 Å². The zero-order chi connectivity index (χ0) is 12.5. The van der Waals surface area contributed by atoms with E-state index >= 15 is 0 Å². The summed E-state index contributed by atoms with van der Waals surface area (Å²) >= 11 is 0. The summed E-state index contributed by atoms with van der Waals surface area (Å²) in [6.45, 7) is 6.04. The molecular formula is C16H24O. The standard InChI is InChI=1S/C16H24O/c1-3-5-6-10-13-16(17)15(4-2)14-11-8-7-9-12-14/h4,7-9,11-12,15-17H,2-3,5-6,10,13H2,1H3/t15-,16-/m1/s1. The Morgan fingerprint density at radius 3 is 2.47 bits per heavy atom. The van der Waals surface area contributed by atoms with Gasteiger partial charge in [0.25, 0.3) is 0 Å². The molecule has 0 aliphatic carbocycles. The quantitative estimate of drug-likeness (QED) is 0.523. The Hall–Kier alpha value is -1.08. The second kappa shape index (κ2) is 8.08. The maximum atomic E-state index is 10.2. The minimum Gasteiger partial charge on any atom is -0.392 e. The van der Waals surface area contributed by atoms with Crippen molar-refractivity contribution in [3.05, 3.63) is 48.6 Å². The highest BCUT2D eigenvalue weighted by molar-refractivity contribution is 5.24. The molecule has 1 heteroatoms. The molecule has 0 radical (unpaired) electrons. The fraction of sp³-hybridized carbons (Fsp3) is 0.500. The molecule has 1 aromatic rings. The van der Waals surface area contributed by atoms with Gasteiger partial charge in [0.2, 0.25) is 0 Å². The SMILES string of the molecule is C=C[C@H](c1ccccc1)[C@H](O)CCCCCC. The van der Waals surface area contributed by atoms with Gasteiger partial charge in [0.15, 0.2) is 0 Å². The number of unbranched alkanes of at least 4 members (excludes halogenated alkanes) is 3. The van der Waals surface area contributed by atoms with Crippen molar-refractivity contribution in [1.82, 2.24) is 0 Å². The molecule has 1 aromatic carbocycles. The van der Waals surface area contributed by atoms with E-state index in [1.54, 1.807) is 0 Å². The van der Waals surface area contributed by atoms with Crippen molar-refractivity contribution in [3.8, 4) is 0 Å². The predicted octanol–water partition coefficient (Wildman–Crippen LogP) is 4.29. The van der Waals surface area contributed by atoms with Gasteiger partial charge in [-0.25, -0.2) is 0 Å². The molecule has 0 saturated heterocycles. The summed E-state index contributed by atoms with van der Waals surface area (Å²) in [4.78, 5) is 0. The van der Waals surface area contributed by atoms with Gasteiger partial charge in [0.05, 0.1) is 6.10 Å². The van der Waals surface area contributed by atoms with Crippen LogP contribution in [0.3, 0.4) is 0 Å². The molecule has 1 nitrogen and oxygen atoms in total. The Morgan fingerprint density at radius 2 is 1.88 bits per heavy atom. The van der Waals surface area contributed by atoms with Crippen molar-refractivity contribution in [3.63, 3.8) is 0 Å². The zero-order valence-electron chi connectivity index (χ0n) is 10.8. The van der Waals surface area contributed by atoms with Crippen LogP contribution in [0.25, 0.3) is 0 Å². The lowest BCUT2D eigenvalue weighted by Crippen LogP contribution is -2.16. The van der Waals surface area contributed by atoms with Crippen molar-refractivity contribution in [2.24, 2.45) is 0 Å². The third kappa shape index (κ3) is 4.74. The van der Waals surface area contributed by atoms with Gasteiger partial charge in [-0.3, -0.25) is 0 Å². The van der Waals surface area contributed by atoms with E-state index in [4.69, 9.17) is 0 Å². The predicted molar refractivity (Wildman–Crippen MR) is 74.1 cm³/mol. The average molecular weight is 232 g/mol. The van der Waals surface area contributed by atoms with Crippen LogP contribution >= 0.6 is 0 Å². The fourth-order valence-corrected chi connectivity index (χ4v) is 2.15. The Kier molecular flexibility index (Phi) is 6.64. The van der Waals surface area contributed by atoms with Crippen LogP contribution < -0.4 is 0 Å². The largest absolute Gasteiger partial charge is 0.392 e. The third-order valence-corrected chi connectivity index (χ3v) is 3.21. The van der Waals surface area contributed by atoms with E-state index in [0.717, 1.165) is 18.4 Å². The molecule has 17 heavy (non-hydrogen) atoms. The molecular weight excluding hydrogens is 208 g/mol. The second-order valence-corrected chi connectivity index (χ2v) is 4.59. The number of aliphatic hydroxyl groups excluding tert-OH is 1. The van der Waals surface area contributed by atoms with Crippen LogP contribution in [0.5, 0.6) is 0 Å². The van der Waals surface area contributed by atoms with Gasteiger partial charge in [-0.2, -0.15) is 0 Å². The highest BCUT2D eigenvalue weighted by Gasteiger charge is 2.16. The van der Waals surface area contributed by atoms with Crippen molar-refractivity contribution < 1.29 is 5.11 Å². The minimum atomic E-state index is -0.299. The average Bonchev–Trinajstić information content (AvgIpc) is 2.37. The molecule has 0 amide bonds. The Labute approximate surface area is 105 Å². The normalized spacial score (nSPS) is 14.2. The van der Waals surface area contributed by atoms with Gasteiger partial charge in [0.1, 0.15) is 0 Å². The van der Waals surface area contributed by atoms with E-state index in [1.165, 1.54) is 19.3 Å². The lowest BCUT2D eigenvalue weighted by molar-refractivity contribution is 0.145. The molecule has 0 aliphatic heterocycles. The maximum Gasteiger partial charge on any atom is 0.0643 e. The molecule has 94 valence electrons. The van der Waals surface area contributed by atoms with Crippen LogP contribution in [0.15, 0.2) is 43.0 Å². The van der Waals surface area contributed by atoms with Gasteiger partial charge in [-0.1, -0.05) is 69.0 Å². The Morgan fingerprint density at radius 1 is 1.18 bits per heavy atom. The zero-order valence-corrected chi connectivity index (χ0v) is 10.8. The number of aliphatic hydroxyl groups is 1. The molecule has 0 fully saturated rings. The lowest BCUT2D eigenvalue weighted by Gasteiger charge is -2.20. The van der Waals surface area contributed by atoms with Crippen LogP contribution in [0.1, 0.15) is 50.5 Å². The van der Waals surface area contributed by atoms with Gasteiger partial charge in [-0.05, 0) is 12.0 Å². The van der Waals surface area contributed by atoms with E-state index < -0.39 is 0 Å². The van der Waals surface area contributed by atoms with E-state index in [9.17, 15) is 5.11 Å². The van der Waals surface area contributed by atoms with Crippen LogP contribution in [-0.2, 0) is 0 Å². The Bertz CT molecular complexity index is 305. The van der Waals surface area contributed by atoms with Crippen molar-refractivity contribution in [2.45, 2.75) is 51.0 Å². The van der Waals surface area contributed by atoms with Gasteiger partial charge >= 0.3 is 0 Å². The van der Waals surface area contributed by atoms with Crippen molar-refractivity contribution in [2.75, 3.05) is 0 Å². The third-order valence-electron chi connectivity index (χ3n) is 3.21. The summed E-state index contributed by atoms with van der Waals surface area (Å²) in [5.41, 5.74) is 1.16. The number of hydrogen-bond donors (Lipinski definition) is 1. The number of benzene rings is 1. The summed E-state index contributed by atoms with van der Waals surface area (Å²) in [6, 6.07) is 10.1. The second-order valence-electron chi connectivity index (χ2n) is 4.59. The Balaban J connectivity index is 2.47. The van der Waals surface area contributed by atoms with Crippen LogP contribution in [0, 0.1) is 0 Å². The number of hydrogen-bond acceptors (Lipinski definition) is 1. The van der Waals surface area contributed by atoms with Gasteiger partial charge in [0, 0.05) is 5.92 Å². The first-order valence-electron chi connectivity index (χ1n) is 6.65. The molecule has 1 N–H and O–H groups in total. The highest BCUT2D eigenvalue weighted by Crippen LogP contribution is 2.24. The molecule has 0 aromatic heterocycles. The fourth-order valence-electron chi connectivity index (χ4n) is 2.15. The van der Waals surface area contributed by atoms with Crippen LogP contribution in [-0.4, -0.2) is 11.2 Å². The summed E-state index contributed by atoms with van der Waals surface area (Å²) < 4.78 is 0. The van der Waals surface area contributed by atoms with E-state index in [0.29, 0.717) is 0 Å². The molecule has 1 rings (SSSR count). The summed E-state index contributed by atoms with van der Waals surface area (Å²) in [7, 11) is 0. The highest BCUT2D eigenvalue weighted by atomic mass is 16.3.